The highest BCUT2D eigenvalue weighted by molar-refractivity contribution is 8.00. The topological polar surface area (TPSA) is 146 Å². The van der Waals surface area contributed by atoms with Crippen LogP contribution in [0.3, 0.4) is 0 Å². The van der Waals surface area contributed by atoms with Gasteiger partial charge in [0, 0.05) is 27.3 Å². The van der Waals surface area contributed by atoms with Crippen LogP contribution in [-0.2, 0) is 19.2 Å². The van der Waals surface area contributed by atoms with Gasteiger partial charge in [0.1, 0.15) is 11.8 Å². The maximum atomic E-state index is 14.0. The summed E-state index contributed by atoms with van der Waals surface area (Å²) < 4.78 is 6.11. The predicted molar refractivity (Wildman–Crippen MR) is 168 cm³/mol. The van der Waals surface area contributed by atoms with Crippen LogP contribution in [-0.4, -0.2) is 56.6 Å². The van der Waals surface area contributed by atoms with E-state index < -0.39 is 23.8 Å². The van der Waals surface area contributed by atoms with Gasteiger partial charge in [-0.15, -0.1) is 11.8 Å². The molecule has 7 unspecified atom stereocenters. The first kappa shape index (κ1) is 29.8. The zero-order chi connectivity index (χ0) is 31.6. The first-order valence-corrected chi connectivity index (χ1v) is 16.9. The molecule has 12 heteroatoms. The van der Waals surface area contributed by atoms with E-state index in [4.69, 9.17) is 4.74 Å². The maximum absolute atomic E-state index is 14.0. The van der Waals surface area contributed by atoms with Crippen molar-refractivity contribution < 1.29 is 29.0 Å². The number of carbonyl (C=O) groups is 4. The average Bonchev–Trinajstić information content (AvgIpc) is 3.74. The molecule has 234 valence electrons. The molecule has 3 fully saturated rings. The monoisotopic (exact) mass is 647 g/mol. The number of hydrogen-bond donors (Lipinski definition) is 3. The fraction of sp³-hybridized carbons (Fsp3) is 0.424. The van der Waals surface area contributed by atoms with Crippen LogP contribution in [0.2, 0.25) is 0 Å². The molecule has 4 aliphatic rings. The molecule has 0 radical (unpaired) electrons. The van der Waals surface area contributed by atoms with Crippen LogP contribution >= 0.6 is 23.1 Å². The Bertz CT molecular complexity index is 1740. The Morgan fingerprint density at radius 2 is 1.71 bits per heavy atom. The second-order valence-corrected chi connectivity index (χ2v) is 14.9. The molecule has 0 spiro atoms. The lowest BCUT2D eigenvalue weighted by Crippen LogP contribution is -2.47. The highest BCUT2D eigenvalue weighted by atomic mass is 32.2. The first-order valence-electron chi connectivity index (χ1n) is 15.2. The molecule has 2 bridgehead atoms. The number of thioether (sulfide) groups is 1. The van der Waals surface area contributed by atoms with Gasteiger partial charge in [-0.2, -0.15) is 0 Å². The summed E-state index contributed by atoms with van der Waals surface area (Å²) in [5.41, 5.74) is 1.48. The molecule has 2 saturated carbocycles. The summed E-state index contributed by atoms with van der Waals surface area (Å²) in [5, 5.41) is 13.6. The molecule has 2 aromatic carbocycles. The quantitative estimate of drug-likeness (QED) is 0.290. The summed E-state index contributed by atoms with van der Waals surface area (Å²) in [6.07, 6.45) is 0.885. The van der Waals surface area contributed by atoms with Crippen LogP contribution in [0.5, 0.6) is 5.75 Å². The second-order valence-electron chi connectivity index (χ2n) is 12.7. The van der Waals surface area contributed by atoms with E-state index in [1.54, 1.807) is 23.9 Å². The van der Waals surface area contributed by atoms with Crippen molar-refractivity contribution in [2.75, 3.05) is 11.9 Å². The Labute approximate surface area is 267 Å². The standard InChI is InChI=1S/C33H33N3O7S2/c1-15(2)12-20(32(40)41)36-30(38)25-18-13-19(26(25)31(36)39)27-24(18)23(28-29(44-27)35-33(42)45-28)17-10-6-7-11-21(17)43-14-22(37)34-16-8-4-3-5-9-16/h3-11,15,18-20,23-27H,12-14H2,1-2H3,(H,34,37)(H,35,42)(H,40,41)/t18?,19?,20?,23-,24?,25?,26?,27?/m1/s1. The van der Waals surface area contributed by atoms with Crippen LogP contribution in [0.4, 0.5) is 5.69 Å². The lowest BCUT2D eigenvalue weighted by molar-refractivity contribution is -0.156. The highest BCUT2D eigenvalue weighted by Gasteiger charge is 2.70. The number of carboxylic acid groups (broad SMARTS) is 1. The summed E-state index contributed by atoms with van der Waals surface area (Å²) in [5.74, 6) is -3.58. The number of aliphatic carboxylic acids is 1. The lowest BCUT2D eigenvalue weighted by atomic mass is 9.68. The fourth-order valence-corrected chi connectivity index (χ4v) is 11.1. The average molecular weight is 648 g/mol. The van der Waals surface area contributed by atoms with Gasteiger partial charge in [-0.1, -0.05) is 61.6 Å². The lowest BCUT2D eigenvalue weighted by Gasteiger charge is -2.43. The number of nitrogens with zero attached hydrogens (tertiary/aromatic N) is 1. The Kier molecular flexibility index (Phi) is 7.60. The van der Waals surface area contributed by atoms with Crippen LogP contribution in [0.15, 0.2) is 64.4 Å². The van der Waals surface area contributed by atoms with E-state index in [1.807, 2.05) is 56.3 Å². The molecule has 45 heavy (non-hydrogen) atoms. The number of aromatic amines is 1. The fourth-order valence-electron chi connectivity index (χ4n) is 8.19. The molecule has 7 rings (SSSR count). The van der Waals surface area contributed by atoms with Gasteiger partial charge in [-0.05, 0) is 54.7 Å². The van der Waals surface area contributed by atoms with Crippen LogP contribution in [0.1, 0.15) is 43.0 Å². The summed E-state index contributed by atoms with van der Waals surface area (Å²) in [6.45, 7) is 3.54. The molecular weight excluding hydrogens is 615 g/mol. The summed E-state index contributed by atoms with van der Waals surface area (Å²) >= 11 is 2.71. The van der Waals surface area contributed by atoms with Crippen molar-refractivity contribution >= 4 is 52.5 Å². The third kappa shape index (κ3) is 4.98. The molecule has 8 atom stereocenters. The summed E-state index contributed by atoms with van der Waals surface area (Å²) in [7, 11) is 0. The zero-order valence-corrected chi connectivity index (χ0v) is 26.3. The molecule has 1 saturated heterocycles. The normalized spacial score (nSPS) is 28.5. The van der Waals surface area contributed by atoms with E-state index in [2.05, 4.69) is 10.3 Å². The number of hydrogen-bond acceptors (Lipinski definition) is 8. The first-order chi connectivity index (χ1) is 21.6. The van der Waals surface area contributed by atoms with Gasteiger partial charge in [-0.3, -0.25) is 24.1 Å². The van der Waals surface area contributed by atoms with Gasteiger partial charge in [0.25, 0.3) is 5.91 Å². The van der Waals surface area contributed by atoms with Gasteiger partial charge < -0.3 is 20.1 Å². The van der Waals surface area contributed by atoms with E-state index >= 15 is 0 Å². The number of imide groups is 1. The Morgan fingerprint density at radius 3 is 2.42 bits per heavy atom. The minimum Gasteiger partial charge on any atom is -0.483 e. The number of aromatic nitrogens is 1. The molecule has 3 aromatic rings. The number of H-pyrrole nitrogens is 1. The molecule has 3 N–H and O–H groups in total. The number of fused-ring (bicyclic) bond motifs is 9. The third-order valence-corrected chi connectivity index (χ3v) is 12.3. The SMILES string of the molecule is CC(C)CC(C(=O)O)N1C(=O)C2C3CC(C2C1=O)C1C3Sc2[nH]c(=O)sc2[C@@H]1c1ccccc1OCC(=O)Nc1ccccc1. The number of amides is 3. The minimum atomic E-state index is -1.19. The van der Waals surface area contributed by atoms with E-state index in [1.165, 1.54) is 0 Å². The molecule has 10 nitrogen and oxygen atoms in total. The largest absolute Gasteiger partial charge is 0.483 e. The smallest absolute Gasteiger partial charge is 0.326 e. The number of anilines is 1. The van der Waals surface area contributed by atoms with Gasteiger partial charge in [-0.25, -0.2) is 4.79 Å². The van der Waals surface area contributed by atoms with Gasteiger partial charge >= 0.3 is 10.8 Å². The van der Waals surface area contributed by atoms with Gasteiger partial charge in [0.15, 0.2) is 6.61 Å². The molecule has 1 aromatic heterocycles. The van der Waals surface area contributed by atoms with Crippen molar-refractivity contribution in [1.29, 1.82) is 0 Å². The number of para-hydroxylation sites is 2. The highest BCUT2D eigenvalue weighted by Crippen LogP contribution is 2.69. The van der Waals surface area contributed by atoms with E-state index in [0.717, 1.165) is 31.7 Å². The molecule has 2 aliphatic heterocycles. The third-order valence-electron chi connectivity index (χ3n) is 9.72. The Hall–Kier alpha value is -3.90. The number of carbonyl (C=O) groups excluding carboxylic acids is 3. The number of rotatable bonds is 9. The van der Waals surface area contributed by atoms with Crippen LogP contribution < -0.4 is 14.9 Å². The van der Waals surface area contributed by atoms with Crippen molar-refractivity contribution in [3.63, 3.8) is 0 Å². The van der Waals surface area contributed by atoms with Crippen molar-refractivity contribution in [2.45, 2.75) is 48.9 Å². The molecular formula is C33H33N3O7S2. The number of thiazole rings is 1. The number of nitrogens with one attached hydrogen (secondary N) is 2. The van der Waals surface area contributed by atoms with Crippen LogP contribution in [0.25, 0.3) is 0 Å². The predicted octanol–water partition coefficient (Wildman–Crippen LogP) is 4.43. The van der Waals surface area contributed by atoms with Crippen LogP contribution in [0, 0.1) is 35.5 Å². The van der Waals surface area contributed by atoms with Crippen molar-refractivity contribution in [2.24, 2.45) is 35.5 Å². The minimum absolute atomic E-state index is 0.00883. The molecule has 2 aliphatic carbocycles. The van der Waals surface area contributed by atoms with Crippen molar-refractivity contribution in [3.8, 4) is 5.75 Å². The van der Waals surface area contributed by atoms with Crippen molar-refractivity contribution in [1.82, 2.24) is 9.88 Å². The second kappa shape index (κ2) is 11.5. The number of ether oxygens (including phenoxy) is 1. The Morgan fingerprint density at radius 1 is 1.02 bits per heavy atom. The molecule has 3 heterocycles. The maximum Gasteiger partial charge on any atom is 0.326 e. The summed E-state index contributed by atoms with van der Waals surface area (Å²) in [4.78, 5) is 70.2. The van der Waals surface area contributed by atoms with E-state index in [-0.39, 0.29) is 70.5 Å². The summed E-state index contributed by atoms with van der Waals surface area (Å²) in [6, 6.07) is 15.4. The van der Waals surface area contributed by atoms with Gasteiger partial charge in [0.05, 0.1) is 16.9 Å². The van der Waals surface area contributed by atoms with E-state index in [9.17, 15) is 29.1 Å². The Balaban J connectivity index is 1.22. The van der Waals surface area contributed by atoms with E-state index in [0.29, 0.717) is 17.9 Å². The molecule has 3 amide bonds. The van der Waals surface area contributed by atoms with Crippen molar-refractivity contribution in [3.05, 3.63) is 74.7 Å². The number of carboxylic acids is 1. The zero-order valence-electron chi connectivity index (χ0n) is 24.7. The van der Waals surface area contributed by atoms with Gasteiger partial charge in [0.2, 0.25) is 11.8 Å². The number of benzene rings is 2. The number of likely N-dealkylation sites (tertiary alicyclic amines) is 1.